The molecule has 0 heterocycles. The van der Waals surface area contributed by atoms with Gasteiger partial charge in [0.1, 0.15) is 0 Å². The van der Waals surface area contributed by atoms with E-state index in [-0.39, 0.29) is 11.8 Å². The van der Waals surface area contributed by atoms with Gasteiger partial charge in [0.15, 0.2) is 0 Å². The molecule has 0 aromatic heterocycles. The number of rotatable bonds is 13. The van der Waals surface area contributed by atoms with Crippen molar-refractivity contribution in [2.24, 2.45) is 17.4 Å². The van der Waals surface area contributed by atoms with Crippen molar-refractivity contribution < 1.29 is 4.79 Å². The SMILES string of the molecule is CCC(C)C(=O)NCCCNCCN(CCN)CCN. The minimum atomic E-state index is 0.115. The van der Waals surface area contributed by atoms with E-state index < -0.39 is 0 Å². The first-order valence-electron chi connectivity index (χ1n) is 7.76. The summed E-state index contributed by atoms with van der Waals surface area (Å²) in [5, 5.41) is 6.33. The van der Waals surface area contributed by atoms with Gasteiger partial charge in [0, 0.05) is 51.7 Å². The lowest BCUT2D eigenvalue weighted by Crippen LogP contribution is -2.39. The van der Waals surface area contributed by atoms with Gasteiger partial charge in [0.2, 0.25) is 5.91 Å². The second-order valence-corrected chi connectivity index (χ2v) is 5.12. The summed E-state index contributed by atoms with van der Waals surface area (Å²) in [5.41, 5.74) is 11.1. The Morgan fingerprint density at radius 1 is 1.10 bits per heavy atom. The van der Waals surface area contributed by atoms with Gasteiger partial charge in [0.25, 0.3) is 0 Å². The molecule has 0 bridgehead atoms. The Bertz CT molecular complexity index is 232. The Labute approximate surface area is 123 Å². The van der Waals surface area contributed by atoms with E-state index in [1.165, 1.54) is 0 Å². The number of carbonyl (C=O) groups excluding carboxylic acids is 1. The molecule has 0 radical (unpaired) electrons. The zero-order valence-electron chi connectivity index (χ0n) is 13.2. The van der Waals surface area contributed by atoms with Gasteiger partial charge in [0.05, 0.1) is 0 Å². The molecule has 0 spiro atoms. The van der Waals surface area contributed by atoms with Crippen molar-refractivity contribution in [3.05, 3.63) is 0 Å². The number of hydrogen-bond acceptors (Lipinski definition) is 5. The maximum absolute atomic E-state index is 11.5. The topological polar surface area (TPSA) is 96.4 Å². The molecule has 0 aliphatic rings. The molecular weight excluding hydrogens is 254 g/mol. The number of nitrogens with one attached hydrogen (secondary N) is 2. The van der Waals surface area contributed by atoms with Crippen molar-refractivity contribution in [1.29, 1.82) is 0 Å². The third-order valence-electron chi connectivity index (χ3n) is 3.38. The molecule has 120 valence electrons. The number of nitrogens with zero attached hydrogens (tertiary/aromatic N) is 1. The summed E-state index contributed by atoms with van der Waals surface area (Å²) in [6.07, 6.45) is 1.85. The first-order valence-corrected chi connectivity index (χ1v) is 7.76. The fraction of sp³-hybridized carbons (Fsp3) is 0.929. The van der Waals surface area contributed by atoms with Crippen LogP contribution >= 0.6 is 0 Å². The molecule has 1 atom stereocenters. The maximum atomic E-state index is 11.5. The highest BCUT2D eigenvalue weighted by molar-refractivity contribution is 5.78. The van der Waals surface area contributed by atoms with E-state index in [9.17, 15) is 4.79 Å². The summed E-state index contributed by atoms with van der Waals surface area (Å²) in [6.45, 7) is 10.7. The molecule has 0 aliphatic heterocycles. The highest BCUT2D eigenvalue weighted by Gasteiger charge is 2.08. The highest BCUT2D eigenvalue weighted by atomic mass is 16.1. The maximum Gasteiger partial charge on any atom is 0.222 e. The zero-order chi connectivity index (χ0) is 15.2. The second-order valence-electron chi connectivity index (χ2n) is 5.12. The largest absolute Gasteiger partial charge is 0.356 e. The van der Waals surface area contributed by atoms with Crippen LogP contribution in [0.25, 0.3) is 0 Å². The first-order chi connectivity index (χ1) is 9.65. The molecular formula is C14H33N5O. The van der Waals surface area contributed by atoms with Crippen LogP contribution in [0.4, 0.5) is 0 Å². The van der Waals surface area contributed by atoms with Gasteiger partial charge in [-0.15, -0.1) is 0 Å². The van der Waals surface area contributed by atoms with Crippen LogP contribution in [0.3, 0.4) is 0 Å². The van der Waals surface area contributed by atoms with Crippen LogP contribution in [0.2, 0.25) is 0 Å². The summed E-state index contributed by atoms with van der Waals surface area (Å²) in [7, 11) is 0. The monoisotopic (exact) mass is 287 g/mol. The van der Waals surface area contributed by atoms with Gasteiger partial charge >= 0.3 is 0 Å². The highest BCUT2D eigenvalue weighted by Crippen LogP contribution is 1.99. The molecule has 0 rings (SSSR count). The van der Waals surface area contributed by atoms with Crippen LogP contribution in [0, 0.1) is 5.92 Å². The molecule has 0 aromatic carbocycles. The van der Waals surface area contributed by atoms with Crippen molar-refractivity contribution in [2.45, 2.75) is 26.7 Å². The normalized spacial score (nSPS) is 12.7. The molecule has 1 amide bonds. The van der Waals surface area contributed by atoms with E-state index in [1.54, 1.807) is 0 Å². The van der Waals surface area contributed by atoms with E-state index in [1.807, 2.05) is 13.8 Å². The van der Waals surface area contributed by atoms with Crippen LogP contribution in [0.15, 0.2) is 0 Å². The summed E-state index contributed by atoms with van der Waals surface area (Å²) in [4.78, 5) is 13.8. The van der Waals surface area contributed by atoms with Gasteiger partial charge in [-0.05, 0) is 19.4 Å². The van der Waals surface area contributed by atoms with Crippen molar-refractivity contribution >= 4 is 5.91 Å². The van der Waals surface area contributed by atoms with Crippen LogP contribution in [0.5, 0.6) is 0 Å². The molecule has 20 heavy (non-hydrogen) atoms. The lowest BCUT2D eigenvalue weighted by molar-refractivity contribution is -0.124. The Balaban J connectivity index is 3.45. The molecule has 0 aromatic rings. The van der Waals surface area contributed by atoms with Crippen LogP contribution in [-0.4, -0.2) is 63.2 Å². The lowest BCUT2D eigenvalue weighted by atomic mass is 10.1. The zero-order valence-corrected chi connectivity index (χ0v) is 13.2. The standard InChI is InChI=1S/C14H33N5O/c1-3-13(2)14(20)18-8-4-7-17-9-12-19(10-5-15)11-6-16/h13,17H,3-12,15-16H2,1-2H3,(H,18,20). The van der Waals surface area contributed by atoms with Gasteiger partial charge in [-0.1, -0.05) is 13.8 Å². The Hall–Kier alpha value is -0.690. The molecule has 0 saturated heterocycles. The Morgan fingerprint density at radius 3 is 2.30 bits per heavy atom. The van der Waals surface area contributed by atoms with Crippen molar-refractivity contribution in [2.75, 3.05) is 52.4 Å². The van der Waals surface area contributed by atoms with Crippen molar-refractivity contribution in [3.8, 4) is 0 Å². The van der Waals surface area contributed by atoms with Gasteiger partial charge in [-0.2, -0.15) is 0 Å². The Morgan fingerprint density at radius 2 is 1.75 bits per heavy atom. The van der Waals surface area contributed by atoms with Crippen molar-refractivity contribution in [3.63, 3.8) is 0 Å². The predicted molar refractivity (Wildman–Crippen MR) is 84.5 cm³/mol. The van der Waals surface area contributed by atoms with Crippen molar-refractivity contribution in [1.82, 2.24) is 15.5 Å². The van der Waals surface area contributed by atoms with E-state index in [0.29, 0.717) is 13.1 Å². The van der Waals surface area contributed by atoms with E-state index in [2.05, 4.69) is 15.5 Å². The molecule has 0 aliphatic carbocycles. The quantitative estimate of drug-likeness (QED) is 0.338. The number of nitrogens with two attached hydrogens (primary N) is 2. The fourth-order valence-corrected chi connectivity index (χ4v) is 1.85. The van der Waals surface area contributed by atoms with Gasteiger partial charge in [-0.3, -0.25) is 9.69 Å². The average molecular weight is 287 g/mol. The summed E-state index contributed by atoms with van der Waals surface area (Å²) in [6, 6.07) is 0. The lowest BCUT2D eigenvalue weighted by Gasteiger charge is -2.20. The van der Waals surface area contributed by atoms with E-state index in [4.69, 9.17) is 11.5 Å². The number of amides is 1. The predicted octanol–water partition coefficient (Wildman–Crippen LogP) is -0.652. The van der Waals surface area contributed by atoms with Gasteiger partial charge < -0.3 is 22.1 Å². The molecule has 0 fully saturated rings. The molecule has 6 heteroatoms. The Kier molecular flexibility index (Phi) is 12.8. The van der Waals surface area contributed by atoms with Crippen LogP contribution in [0.1, 0.15) is 26.7 Å². The summed E-state index contributed by atoms with van der Waals surface area (Å²) < 4.78 is 0. The van der Waals surface area contributed by atoms with Gasteiger partial charge in [-0.25, -0.2) is 0 Å². The smallest absolute Gasteiger partial charge is 0.222 e. The average Bonchev–Trinajstić information content (AvgIpc) is 2.45. The fourth-order valence-electron chi connectivity index (χ4n) is 1.85. The summed E-state index contributed by atoms with van der Waals surface area (Å²) >= 11 is 0. The number of carbonyl (C=O) groups is 1. The second kappa shape index (κ2) is 13.3. The minimum Gasteiger partial charge on any atom is -0.356 e. The minimum absolute atomic E-state index is 0.115. The molecule has 0 saturated carbocycles. The van der Waals surface area contributed by atoms with E-state index in [0.717, 1.165) is 52.1 Å². The van der Waals surface area contributed by atoms with Crippen LogP contribution < -0.4 is 22.1 Å². The number of hydrogen-bond donors (Lipinski definition) is 4. The molecule has 6 N–H and O–H groups in total. The summed E-state index contributed by atoms with van der Waals surface area (Å²) in [5.74, 6) is 0.272. The molecule has 1 unspecified atom stereocenters. The third-order valence-corrected chi connectivity index (χ3v) is 3.38. The first kappa shape index (κ1) is 19.3. The van der Waals surface area contributed by atoms with E-state index >= 15 is 0 Å². The van der Waals surface area contributed by atoms with Crippen LogP contribution in [-0.2, 0) is 4.79 Å². The molecule has 6 nitrogen and oxygen atoms in total. The third kappa shape index (κ3) is 10.1.